The standard InChI is InChI=1S/C14H22N2O/c1-11-4-2-5-13(14(11)15)16-8-3-9-17-10-12-6-7-12/h2,4-5,12,16H,3,6-10,15H2,1H3. The Morgan fingerprint density at radius 2 is 2.24 bits per heavy atom. The van der Waals surface area contributed by atoms with Crippen molar-refractivity contribution in [2.45, 2.75) is 26.2 Å². The second-order valence-electron chi connectivity index (χ2n) is 4.83. The molecule has 0 bridgehead atoms. The lowest BCUT2D eigenvalue weighted by Gasteiger charge is -2.11. The molecule has 3 heteroatoms. The number of nitrogens with one attached hydrogen (secondary N) is 1. The summed E-state index contributed by atoms with van der Waals surface area (Å²) in [6.45, 7) is 4.74. The Hall–Kier alpha value is -1.22. The van der Waals surface area contributed by atoms with Crippen LogP contribution >= 0.6 is 0 Å². The molecule has 3 nitrogen and oxygen atoms in total. The number of aryl methyl sites for hydroxylation is 1. The van der Waals surface area contributed by atoms with Crippen molar-refractivity contribution in [3.05, 3.63) is 23.8 Å². The van der Waals surface area contributed by atoms with Gasteiger partial charge in [-0.3, -0.25) is 0 Å². The van der Waals surface area contributed by atoms with Crippen LogP contribution in [0.3, 0.4) is 0 Å². The van der Waals surface area contributed by atoms with E-state index in [0.717, 1.165) is 49.0 Å². The van der Waals surface area contributed by atoms with E-state index in [9.17, 15) is 0 Å². The fraction of sp³-hybridized carbons (Fsp3) is 0.571. The zero-order valence-corrected chi connectivity index (χ0v) is 10.5. The fourth-order valence-corrected chi connectivity index (χ4v) is 1.77. The lowest BCUT2D eigenvalue weighted by molar-refractivity contribution is 0.124. The number of rotatable bonds is 7. The number of nitrogen functional groups attached to an aromatic ring is 1. The molecule has 2 rings (SSSR count). The second kappa shape index (κ2) is 5.92. The molecule has 0 spiro atoms. The summed E-state index contributed by atoms with van der Waals surface area (Å²) in [7, 11) is 0. The van der Waals surface area contributed by atoms with Gasteiger partial charge in [0.2, 0.25) is 0 Å². The van der Waals surface area contributed by atoms with Crippen molar-refractivity contribution >= 4 is 11.4 Å². The highest BCUT2D eigenvalue weighted by Crippen LogP contribution is 2.28. The van der Waals surface area contributed by atoms with Crippen LogP contribution in [0.1, 0.15) is 24.8 Å². The van der Waals surface area contributed by atoms with Gasteiger partial charge in [-0.05, 0) is 43.7 Å². The number of benzene rings is 1. The largest absolute Gasteiger partial charge is 0.397 e. The molecule has 0 aliphatic heterocycles. The molecule has 0 saturated heterocycles. The molecule has 0 atom stereocenters. The van der Waals surface area contributed by atoms with Crippen molar-refractivity contribution in [3.8, 4) is 0 Å². The summed E-state index contributed by atoms with van der Waals surface area (Å²) in [6.07, 6.45) is 3.75. The molecule has 3 N–H and O–H groups in total. The third-order valence-corrected chi connectivity index (χ3v) is 3.16. The molecule has 1 saturated carbocycles. The van der Waals surface area contributed by atoms with Gasteiger partial charge in [-0.25, -0.2) is 0 Å². The van der Waals surface area contributed by atoms with Gasteiger partial charge >= 0.3 is 0 Å². The molecule has 0 aromatic heterocycles. The molecule has 1 aromatic rings. The van der Waals surface area contributed by atoms with Gasteiger partial charge in [-0.1, -0.05) is 12.1 Å². The first kappa shape index (κ1) is 12.2. The summed E-state index contributed by atoms with van der Waals surface area (Å²) in [6, 6.07) is 6.07. The predicted molar refractivity (Wildman–Crippen MR) is 72.2 cm³/mol. The number of ether oxygens (including phenoxy) is 1. The summed E-state index contributed by atoms with van der Waals surface area (Å²) in [5, 5.41) is 3.35. The first-order chi connectivity index (χ1) is 8.27. The Balaban J connectivity index is 1.61. The minimum atomic E-state index is 0.842. The van der Waals surface area contributed by atoms with Gasteiger partial charge in [0.05, 0.1) is 11.4 Å². The molecule has 0 unspecified atom stereocenters. The lowest BCUT2D eigenvalue weighted by Crippen LogP contribution is -2.08. The van der Waals surface area contributed by atoms with Crippen LogP contribution in [0.5, 0.6) is 0 Å². The number of anilines is 2. The minimum Gasteiger partial charge on any atom is -0.397 e. The van der Waals surface area contributed by atoms with E-state index in [-0.39, 0.29) is 0 Å². The summed E-state index contributed by atoms with van der Waals surface area (Å²) >= 11 is 0. The fourth-order valence-electron chi connectivity index (χ4n) is 1.77. The molecule has 1 aromatic carbocycles. The maximum atomic E-state index is 5.98. The molecule has 17 heavy (non-hydrogen) atoms. The molecule has 1 aliphatic carbocycles. The van der Waals surface area contributed by atoms with Crippen LogP contribution in [0.25, 0.3) is 0 Å². The zero-order valence-electron chi connectivity index (χ0n) is 10.5. The molecule has 0 amide bonds. The van der Waals surface area contributed by atoms with Gasteiger partial charge in [-0.2, -0.15) is 0 Å². The SMILES string of the molecule is Cc1cccc(NCCCOCC2CC2)c1N. The lowest BCUT2D eigenvalue weighted by atomic mass is 10.2. The third-order valence-electron chi connectivity index (χ3n) is 3.16. The quantitative estimate of drug-likeness (QED) is 0.563. The van der Waals surface area contributed by atoms with E-state index in [1.54, 1.807) is 0 Å². The van der Waals surface area contributed by atoms with Crippen molar-refractivity contribution < 1.29 is 4.74 Å². The Morgan fingerprint density at radius 1 is 1.41 bits per heavy atom. The van der Waals surface area contributed by atoms with Crippen molar-refractivity contribution in [2.24, 2.45) is 5.92 Å². The molecule has 0 radical (unpaired) electrons. The molecular formula is C14H22N2O. The van der Waals surface area contributed by atoms with Crippen LogP contribution in [0.2, 0.25) is 0 Å². The van der Waals surface area contributed by atoms with Crippen molar-refractivity contribution in [1.29, 1.82) is 0 Å². The average molecular weight is 234 g/mol. The van der Waals surface area contributed by atoms with E-state index in [1.165, 1.54) is 12.8 Å². The first-order valence-corrected chi connectivity index (χ1v) is 6.44. The van der Waals surface area contributed by atoms with E-state index in [0.29, 0.717) is 0 Å². The highest BCUT2D eigenvalue weighted by atomic mass is 16.5. The van der Waals surface area contributed by atoms with Gasteiger partial charge in [0.15, 0.2) is 0 Å². The van der Waals surface area contributed by atoms with E-state index in [4.69, 9.17) is 10.5 Å². The Bertz CT molecular complexity index is 361. The van der Waals surface area contributed by atoms with Gasteiger partial charge in [0, 0.05) is 19.8 Å². The van der Waals surface area contributed by atoms with Gasteiger partial charge < -0.3 is 15.8 Å². The van der Waals surface area contributed by atoms with E-state index in [2.05, 4.69) is 5.32 Å². The number of nitrogens with two attached hydrogens (primary N) is 1. The van der Waals surface area contributed by atoms with E-state index >= 15 is 0 Å². The topological polar surface area (TPSA) is 47.3 Å². The van der Waals surface area contributed by atoms with Crippen LogP contribution in [0, 0.1) is 12.8 Å². The smallest absolute Gasteiger partial charge is 0.0579 e. The molecule has 94 valence electrons. The van der Waals surface area contributed by atoms with Gasteiger partial charge in [0.1, 0.15) is 0 Å². The Kier molecular flexibility index (Phi) is 4.26. The van der Waals surface area contributed by atoms with Crippen molar-refractivity contribution in [2.75, 3.05) is 30.8 Å². The molecule has 1 aliphatic rings. The normalized spacial score (nSPS) is 14.9. The predicted octanol–water partition coefficient (Wildman–Crippen LogP) is 2.81. The van der Waals surface area contributed by atoms with Crippen LogP contribution in [0.4, 0.5) is 11.4 Å². The monoisotopic (exact) mass is 234 g/mol. The highest BCUT2D eigenvalue weighted by Gasteiger charge is 2.20. The Morgan fingerprint density at radius 3 is 3.00 bits per heavy atom. The van der Waals surface area contributed by atoms with Crippen molar-refractivity contribution in [1.82, 2.24) is 0 Å². The summed E-state index contributed by atoms with van der Waals surface area (Å²) < 4.78 is 5.58. The zero-order chi connectivity index (χ0) is 12.1. The second-order valence-corrected chi connectivity index (χ2v) is 4.83. The first-order valence-electron chi connectivity index (χ1n) is 6.44. The summed E-state index contributed by atoms with van der Waals surface area (Å²) in [5.74, 6) is 0.857. The summed E-state index contributed by atoms with van der Waals surface area (Å²) in [4.78, 5) is 0. The van der Waals surface area contributed by atoms with Crippen LogP contribution < -0.4 is 11.1 Å². The maximum absolute atomic E-state index is 5.98. The van der Waals surface area contributed by atoms with Crippen LogP contribution in [0.15, 0.2) is 18.2 Å². The maximum Gasteiger partial charge on any atom is 0.0579 e. The minimum absolute atomic E-state index is 0.842. The van der Waals surface area contributed by atoms with Gasteiger partial charge in [-0.15, -0.1) is 0 Å². The third kappa shape index (κ3) is 3.93. The van der Waals surface area contributed by atoms with E-state index < -0.39 is 0 Å². The van der Waals surface area contributed by atoms with Crippen LogP contribution in [-0.4, -0.2) is 19.8 Å². The number of para-hydroxylation sites is 1. The Labute approximate surface area is 103 Å². The molecule has 0 heterocycles. The van der Waals surface area contributed by atoms with Gasteiger partial charge in [0.25, 0.3) is 0 Å². The number of hydrogen-bond acceptors (Lipinski definition) is 3. The highest BCUT2D eigenvalue weighted by molar-refractivity contribution is 5.69. The molecular weight excluding hydrogens is 212 g/mol. The average Bonchev–Trinajstić information content (AvgIpc) is 3.12. The number of hydrogen-bond donors (Lipinski definition) is 2. The van der Waals surface area contributed by atoms with Crippen molar-refractivity contribution in [3.63, 3.8) is 0 Å². The summed E-state index contributed by atoms with van der Waals surface area (Å²) in [5.41, 5.74) is 8.99. The molecule has 1 fully saturated rings. The van der Waals surface area contributed by atoms with E-state index in [1.807, 2.05) is 25.1 Å². The van der Waals surface area contributed by atoms with Crippen LogP contribution in [-0.2, 0) is 4.74 Å².